The van der Waals surface area contributed by atoms with Crippen molar-refractivity contribution in [3.8, 4) is 11.5 Å². The van der Waals surface area contributed by atoms with Crippen molar-refractivity contribution in [2.24, 2.45) is 0 Å². The molecule has 0 bridgehead atoms. The van der Waals surface area contributed by atoms with Gasteiger partial charge in [0.2, 0.25) is 0 Å². The molecule has 21 heavy (non-hydrogen) atoms. The van der Waals surface area contributed by atoms with Crippen molar-refractivity contribution >= 4 is 5.91 Å². The van der Waals surface area contributed by atoms with Crippen LogP contribution in [0.5, 0.6) is 11.5 Å². The number of amides is 1. The van der Waals surface area contributed by atoms with Gasteiger partial charge in [-0.05, 0) is 51.0 Å². The molecule has 0 aliphatic carbocycles. The topological polar surface area (TPSA) is 59.0 Å². The maximum atomic E-state index is 12.4. The van der Waals surface area contributed by atoms with Crippen molar-refractivity contribution in [2.75, 3.05) is 20.2 Å². The number of carbonyl (C=O) groups is 1. The molecule has 0 radical (unpaired) electrons. The largest absolute Gasteiger partial charge is 0.497 e. The zero-order valence-electron chi connectivity index (χ0n) is 12.8. The second-order valence-corrected chi connectivity index (χ2v) is 5.80. The lowest BCUT2D eigenvalue weighted by Gasteiger charge is -2.37. The predicted molar refractivity (Wildman–Crippen MR) is 79.5 cm³/mol. The van der Waals surface area contributed by atoms with Gasteiger partial charge in [0.25, 0.3) is 5.91 Å². The van der Waals surface area contributed by atoms with Gasteiger partial charge in [-0.3, -0.25) is 4.79 Å². The minimum atomic E-state index is -0.798. The molecule has 2 unspecified atom stereocenters. The maximum absolute atomic E-state index is 12.4. The van der Waals surface area contributed by atoms with Crippen LogP contribution in [0.2, 0.25) is 0 Å². The molecule has 1 aromatic rings. The van der Waals surface area contributed by atoms with Crippen molar-refractivity contribution in [1.29, 1.82) is 0 Å². The first-order chi connectivity index (χ1) is 9.91. The molecule has 1 fully saturated rings. The summed E-state index contributed by atoms with van der Waals surface area (Å²) in [6.45, 7) is 4.53. The van der Waals surface area contributed by atoms with Crippen LogP contribution in [0.4, 0.5) is 0 Å². The molecule has 0 saturated carbocycles. The molecule has 2 rings (SSSR count). The lowest BCUT2D eigenvalue weighted by molar-refractivity contribution is -0.144. The van der Waals surface area contributed by atoms with Crippen LogP contribution >= 0.6 is 0 Å². The standard InChI is InChI=1S/C16H23NO4/c1-12(21-14-7-5-13(20-3)6-8-14)15(18)17-10-4-9-16(2,19)11-17/h5-8,12,19H,4,9-11H2,1-3H3. The Morgan fingerprint density at radius 2 is 1.95 bits per heavy atom. The van der Waals surface area contributed by atoms with Crippen LogP contribution in [0.25, 0.3) is 0 Å². The molecule has 1 aliphatic rings. The van der Waals surface area contributed by atoms with Crippen molar-refractivity contribution in [2.45, 2.75) is 38.4 Å². The van der Waals surface area contributed by atoms with Crippen LogP contribution in [0.15, 0.2) is 24.3 Å². The van der Waals surface area contributed by atoms with Gasteiger partial charge in [-0.2, -0.15) is 0 Å². The van der Waals surface area contributed by atoms with Crippen molar-refractivity contribution in [3.05, 3.63) is 24.3 Å². The molecule has 5 nitrogen and oxygen atoms in total. The summed E-state index contributed by atoms with van der Waals surface area (Å²) in [5.74, 6) is 1.28. The van der Waals surface area contributed by atoms with Crippen LogP contribution < -0.4 is 9.47 Å². The number of hydrogen-bond acceptors (Lipinski definition) is 4. The van der Waals surface area contributed by atoms with Gasteiger partial charge in [0.15, 0.2) is 6.10 Å². The number of ether oxygens (including phenoxy) is 2. The third-order valence-electron chi connectivity index (χ3n) is 3.71. The fraction of sp³-hybridized carbons (Fsp3) is 0.562. The van der Waals surface area contributed by atoms with Crippen LogP contribution in [-0.2, 0) is 4.79 Å². The number of β-amino-alcohol motifs (C(OH)–C–C–N with tert-alkyl or cyclic N) is 1. The van der Waals surface area contributed by atoms with E-state index in [1.807, 2.05) is 0 Å². The summed E-state index contributed by atoms with van der Waals surface area (Å²) in [4.78, 5) is 14.1. The number of piperidine rings is 1. The first-order valence-corrected chi connectivity index (χ1v) is 7.23. The van der Waals surface area contributed by atoms with Gasteiger partial charge >= 0.3 is 0 Å². The number of rotatable bonds is 4. The van der Waals surface area contributed by atoms with E-state index in [1.165, 1.54) is 0 Å². The molecule has 2 atom stereocenters. The number of methoxy groups -OCH3 is 1. The number of nitrogens with zero attached hydrogens (tertiary/aromatic N) is 1. The SMILES string of the molecule is COc1ccc(OC(C)C(=O)N2CCCC(C)(O)C2)cc1. The molecule has 1 N–H and O–H groups in total. The van der Waals surface area contributed by atoms with Gasteiger partial charge in [-0.25, -0.2) is 0 Å². The summed E-state index contributed by atoms with van der Waals surface area (Å²) in [7, 11) is 1.60. The van der Waals surface area contributed by atoms with Gasteiger partial charge < -0.3 is 19.5 Å². The number of likely N-dealkylation sites (tertiary alicyclic amines) is 1. The third-order valence-corrected chi connectivity index (χ3v) is 3.71. The van der Waals surface area contributed by atoms with Gasteiger partial charge in [0, 0.05) is 13.1 Å². The molecular formula is C16H23NO4. The maximum Gasteiger partial charge on any atom is 0.263 e. The average molecular weight is 293 g/mol. The highest BCUT2D eigenvalue weighted by molar-refractivity contribution is 5.81. The highest BCUT2D eigenvalue weighted by Crippen LogP contribution is 2.22. The van der Waals surface area contributed by atoms with Crippen molar-refractivity contribution in [1.82, 2.24) is 4.90 Å². The van der Waals surface area contributed by atoms with E-state index in [2.05, 4.69) is 0 Å². The summed E-state index contributed by atoms with van der Waals surface area (Å²) in [6, 6.07) is 7.13. The Hall–Kier alpha value is -1.75. The van der Waals surface area contributed by atoms with E-state index in [1.54, 1.807) is 50.1 Å². The molecule has 1 aromatic carbocycles. The van der Waals surface area contributed by atoms with Crippen LogP contribution in [-0.4, -0.2) is 47.8 Å². The van der Waals surface area contributed by atoms with E-state index in [0.717, 1.165) is 18.6 Å². The quantitative estimate of drug-likeness (QED) is 0.920. The molecule has 1 saturated heterocycles. The molecule has 0 aromatic heterocycles. The molecular weight excluding hydrogens is 270 g/mol. The fourth-order valence-corrected chi connectivity index (χ4v) is 2.57. The second kappa shape index (κ2) is 6.35. The van der Waals surface area contributed by atoms with Gasteiger partial charge in [-0.15, -0.1) is 0 Å². The first-order valence-electron chi connectivity index (χ1n) is 7.23. The smallest absolute Gasteiger partial charge is 0.263 e. The highest BCUT2D eigenvalue weighted by atomic mass is 16.5. The lowest BCUT2D eigenvalue weighted by atomic mass is 9.95. The Labute approximate surface area is 125 Å². The summed E-state index contributed by atoms with van der Waals surface area (Å²) < 4.78 is 10.7. The van der Waals surface area contributed by atoms with Crippen LogP contribution in [0.3, 0.4) is 0 Å². The van der Waals surface area contributed by atoms with Crippen molar-refractivity contribution < 1.29 is 19.4 Å². The van der Waals surface area contributed by atoms with Gasteiger partial charge in [-0.1, -0.05) is 0 Å². The molecule has 1 amide bonds. The minimum Gasteiger partial charge on any atom is -0.497 e. The number of aliphatic hydroxyl groups is 1. The van der Waals surface area contributed by atoms with E-state index in [9.17, 15) is 9.90 Å². The molecule has 116 valence electrons. The van der Waals surface area contributed by atoms with E-state index < -0.39 is 11.7 Å². The molecule has 1 heterocycles. The number of carbonyl (C=O) groups excluding carboxylic acids is 1. The Morgan fingerprint density at radius 1 is 1.33 bits per heavy atom. The molecule has 1 aliphatic heterocycles. The minimum absolute atomic E-state index is 0.0919. The zero-order valence-corrected chi connectivity index (χ0v) is 12.8. The zero-order chi connectivity index (χ0) is 15.5. The Balaban J connectivity index is 1.95. The van der Waals surface area contributed by atoms with Crippen LogP contribution in [0.1, 0.15) is 26.7 Å². The van der Waals surface area contributed by atoms with E-state index in [0.29, 0.717) is 18.8 Å². The van der Waals surface area contributed by atoms with Crippen LogP contribution in [0, 0.1) is 0 Å². The van der Waals surface area contributed by atoms with Gasteiger partial charge in [0.1, 0.15) is 11.5 Å². The fourth-order valence-electron chi connectivity index (χ4n) is 2.57. The van der Waals surface area contributed by atoms with Crippen molar-refractivity contribution in [3.63, 3.8) is 0 Å². The van der Waals surface area contributed by atoms with Gasteiger partial charge in [0.05, 0.1) is 12.7 Å². The number of benzene rings is 1. The Bertz CT molecular complexity index is 484. The van der Waals surface area contributed by atoms with E-state index in [-0.39, 0.29) is 5.91 Å². The van der Waals surface area contributed by atoms with E-state index >= 15 is 0 Å². The highest BCUT2D eigenvalue weighted by Gasteiger charge is 2.33. The number of hydrogen-bond donors (Lipinski definition) is 1. The summed E-state index contributed by atoms with van der Waals surface area (Å²) in [5.41, 5.74) is -0.798. The molecule has 0 spiro atoms. The Kier molecular flexibility index (Phi) is 4.73. The summed E-state index contributed by atoms with van der Waals surface area (Å²) in [5, 5.41) is 10.1. The molecule has 5 heteroatoms. The predicted octanol–water partition coefficient (Wildman–Crippen LogP) is 1.84. The monoisotopic (exact) mass is 293 g/mol. The average Bonchev–Trinajstić information content (AvgIpc) is 2.46. The normalized spacial score (nSPS) is 23.5. The third kappa shape index (κ3) is 4.11. The second-order valence-electron chi connectivity index (χ2n) is 5.80. The van der Waals surface area contributed by atoms with E-state index in [4.69, 9.17) is 9.47 Å². The lowest BCUT2D eigenvalue weighted by Crippen LogP contribution is -2.51. The Morgan fingerprint density at radius 3 is 2.52 bits per heavy atom. The summed E-state index contributed by atoms with van der Waals surface area (Å²) >= 11 is 0. The first kappa shape index (κ1) is 15.6. The summed E-state index contributed by atoms with van der Waals surface area (Å²) in [6.07, 6.45) is 0.964.